The van der Waals surface area contributed by atoms with Gasteiger partial charge in [0.25, 0.3) is 0 Å². The largest absolute Gasteiger partial charge is 0.478 e. The normalized spacial score (nSPS) is 16.5. The molecule has 4 N–H and O–H groups in total. The second kappa shape index (κ2) is 8.35. The summed E-state index contributed by atoms with van der Waals surface area (Å²) in [6, 6.07) is 6.38. The molecular weight excluding hydrogens is 284 g/mol. The Morgan fingerprint density at radius 2 is 2.00 bits per heavy atom. The molecule has 7 nitrogen and oxygen atoms in total. The van der Waals surface area contributed by atoms with Gasteiger partial charge in [-0.05, 0) is 30.7 Å². The molecule has 0 atom stereocenters. The standard InChI is InChI=1S/C15H22N4O3/c16-15(17-6-1-7-19-8-10-22-11-9-19)18-13-4-2-12(3-5-13)14(20)21/h2-5H,1,6-11H2,(H,20,21)(H3,16,17,18). The van der Waals surface area contributed by atoms with Crippen molar-refractivity contribution in [3.05, 3.63) is 29.8 Å². The van der Waals surface area contributed by atoms with Gasteiger partial charge >= 0.3 is 5.97 Å². The van der Waals surface area contributed by atoms with Gasteiger partial charge in [-0.3, -0.25) is 9.89 Å². The lowest BCUT2D eigenvalue weighted by Gasteiger charge is -2.26. The molecular formula is C15H22N4O3. The van der Waals surface area contributed by atoms with E-state index in [-0.39, 0.29) is 5.56 Å². The Morgan fingerprint density at radius 3 is 2.64 bits per heavy atom. The number of hydrogen-bond acceptors (Lipinski definition) is 4. The summed E-state index contributed by atoms with van der Waals surface area (Å²) in [5.74, 6) is -0.610. The van der Waals surface area contributed by atoms with Crippen molar-refractivity contribution < 1.29 is 14.6 Å². The van der Waals surface area contributed by atoms with E-state index in [9.17, 15) is 4.79 Å². The summed E-state index contributed by atoms with van der Waals surface area (Å²) in [7, 11) is 0. The van der Waals surface area contributed by atoms with Gasteiger partial charge in [-0.2, -0.15) is 0 Å². The van der Waals surface area contributed by atoms with Gasteiger partial charge in [0, 0.05) is 31.9 Å². The van der Waals surface area contributed by atoms with Crippen LogP contribution in [-0.2, 0) is 4.74 Å². The third-order valence-corrected chi connectivity index (χ3v) is 3.42. The molecule has 0 aliphatic carbocycles. The molecule has 1 aliphatic heterocycles. The number of nitrogens with zero attached hydrogens (tertiary/aromatic N) is 2. The molecule has 0 radical (unpaired) electrons. The van der Waals surface area contributed by atoms with Gasteiger partial charge < -0.3 is 20.9 Å². The van der Waals surface area contributed by atoms with Gasteiger partial charge in [0.2, 0.25) is 0 Å². The summed E-state index contributed by atoms with van der Waals surface area (Å²) in [6.45, 7) is 5.22. The number of hydrogen-bond donors (Lipinski definition) is 3. The summed E-state index contributed by atoms with van der Waals surface area (Å²) >= 11 is 0. The van der Waals surface area contributed by atoms with Crippen molar-refractivity contribution >= 4 is 17.6 Å². The predicted octanol–water partition coefficient (Wildman–Crippen LogP) is 0.834. The summed E-state index contributed by atoms with van der Waals surface area (Å²) in [4.78, 5) is 17.4. The van der Waals surface area contributed by atoms with E-state index < -0.39 is 5.97 Å². The number of aromatic carboxylic acids is 1. The summed E-state index contributed by atoms with van der Waals surface area (Å²) in [5, 5.41) is 11.8. The highest BCUT2D eigenvalue weighted by molar-refractivity contribution is 5.93. The van der Waals surface area contributed by atoms with Crippen molar-refractivity contribution in [2.45, 2.75) is 6.42 Å². The fourth-order valence-corrected chi connectivity index (χ4v) is 2.20. The molecule has 120 valence electrons. The number of guanidine groups is 1. The van der Waals surface area contributed by atoms with E-state index >= 15 is 0 Å². The van der Waals surface area contributed by atoms with Gasteiger partial charge in [0.05, 0.1) is 18.8 Å². The topological polar surface area (TPSA) is 100 Å². The van der Waals surface area contributed by atoms with Crippen molar-refractivity contribution in [3.63, 3.8) is 0 Å². The molecule has 0 saturated carbocycles. The molecule has 7 heteroatoms. The second-order valence-corrected chi connectivity index (χ2v) is 5.08. The molecule has 1 heterocycles. The van der Waals surface area contributed by atoms with Gasteiger partial charge in [0.15, 0.2) is 5.96 Å². The fraction of sp³-hybridized carbons (Fsp3) is 0.467. The highest BCUT2D eigenvalue weighted by atomic mass is 16.5. The van der Waals surface area contributed by atoms with E-state index in [4.69, 9.17) is 15.6 Å². The summed E-state index contributed by atoms with van der Waals surface area (Å²) < 4.78 is 5.30. The summed E-state index contributed by atoms with van der Waals surface area (Å²) in [6.07, 6.45) is 0.945. The second-order valence-electron chi connectivity index (χ2n) is 5.08. The molecule has 1 aromatic rings. The van der Waals surface area contributed by atoms with E-state index in [0.717, 1.165) is 45.0 Å². The van der Waals surface area contributed by atoms with Crippen LogP contribution in [0.25, 0.3) is 0 Å². The minimum Gasteiger partial charge on any atom is -0.478 e. The number of carboxylic acids is 1. The first-order valence-corrected chi connectivity index (χ1v) is 7.35. The smallest absolute Gasteiger partial charge is 0.335 e. The highest BCUT2D eigenvalue weighted by Gasteiger charge is 2.08. The van der Waals surface area contributed by atoms with Crippen molar-refractivity contribution in [2.75, 3.05) is 44.7 Å². The predicted molar refractivity (Wildman–Crippen MR) is 85.4 cm³/mol. The molecule has 0 unspecified atom stereocenters. The van der Waals surface area contributed by atoms with Crippen LogP contribution in [-0.4, -0.2) is 61.3 Å². The number of nitrogens with two attached hydrogens (primary N) is 1. The molecule has 2 rings (SSSR count). The quantitative estimate of drug-likeness (QED) is 0.409. The number of ether oxygens (including phenoxy) is 1. The zero-order chi connectivity index (χ0) is 15.8. The third-order valence-electron chi connectivity index (χ3n) is 3.42. The van der Waals surface area contributed by atoms with E-state index in [2.05, 4.69) is 15.2 Å². The van der Waals surface area contributed by atoms with Crippen LogP contribution in [0.1, 0.15) is 16.8 Å². The van der Waals surface area contributed by atoms with Crippen LogP contribution < -0.4 is 11.1 Å². The lowest BCUT2D eigenvalue weighted by molar-refractivity contribution is 0.0377. The molecule has 1 saturated heterocycles. The van der Waals surface area contributed by atoms with E-state index in [1.807, 2.05) is 0 Å². The molecule has 0 bridgehead atoms. The minimum atomic E-state index is -0.948. The fourth-order valence-electron chi connectivity index (χ4n) is 2.20. The maximum absolute atomic E-state index is 10.8. The van der Waals surface area contributed by atoms with Gasteiger partial charge in [-0.15, -0.1) is 0 Å². The Labute approximate surface area is 129 Å². The number of benzene rings is 1. The van der Waals surface area contributed by atoms with Gasteiger partial charge in [-0.25, -0.2) is 4.79 Å². The first kappa shape index (κ1) is 16.3. The number of carboxylic acid groups (broad SMARTS) is 1. The number of morpholine rings is 1. The maximum atomic E-state index is 10.8. The van der Waals surface area contributed by atoms with E-state index in [1.54, 1.807) is 12.1 Å². The average Bonchev–Trinajstić information content (AvgIpc) is 2.53. The summed E-state index contributed by atoms with van der Waals surface area (Å²) in [5.41, 5.74) is 6.78. The minimum absolute atomic E-state index is 0.242. The van der Waals surface area contributed by atoms with Crippen LogP contribution in [0.5, 0.6) is 0 Å². The molecule has 0 spiro atoms. The lowest BCUT2D eigenvalue weighted by Crippen LogP contribution is -2.37. The zero-order valence-electron chi connectivity index (χ0n) is 12.5. The monoisotopic (exact) mass is 306 g/mol. The first-order valence-electron chi connectivity index (χ1n) is 7.35. The van der Waals surface area contributed by atoms with Crippen molar-refractivity contribution in [3.8, 4) is 0 Å². The third kappa shape index (κ3) is 5.34. The van der Waals surface area contributed by atoms with Crippen LogP contribution in [0.2, 0.25) is 0 Å². The Morgan fingerprint density at radius 1 is 1.32 bits per heavy atom. The molecule has 1 aliphatic rings. The zero-order valence-corrected chi connectivity index (χ0v) is 12.5. The first-order chi connectivity index (χ1) is 10.6. The number of aliphatic imine (C=N–C) groups is 1. The molecule has 1 aromatic carbocycles. The number of nitrogens with one attached hydrogen (secondary N) is 1. The van der Waals surface area contributed by atoms with Crippen molar-refractivity contribution in [1.29, 1.82) is 0 Å². The molecule has 0 amide bonds. The maximum Gasteiger partial charge on any atom is 0.335 e. The van der Waals surface area contributed by atoms with Crippen LogP contribution >= 0.6 is 0 Å². The Balaban J connectivity index is 1.71. The SMILES string of the molecule is NC(=NCCCN1CCOCC1)Nc1ccc(C(=O)O)cc1. The molecule has 1 fully saturated rings. The lowest BCUT2D eigenvalue weighted by atomic mass is 10.2. The van der Waals surface area contributed by atoms with Crippen LogP contribution in [0.15, 0.2) is 29.3 Å². The van der Waals surface area contributed by atoms with Crippen molar-refractivity contribution in [2.24, 2.45) is 10.7 Å². The number of carbonyl (C=O) groups is 1. The number of rotatable bonds is 6. The van der Waals surface area contributed by atoms with Crippen molar-refractivity contribution in [1.82, 2.24) is 4.90 Å². The Bertz CT molecular complexity index is 510. The van der Waals surface area contributed by atoms with Crippen LogP contribution in [0.4, 0.5) is 5.69 Å². The molecule has 22 heavy (non-hydrogen) atoms. The Hall–Kier alpha value is -2.12. The average molecular weight is 306 g/mol. The Kier molecular flexibility index (Phi) is 6.17. The molecule has 0 aromatic heterocycles. The van der Waals surface area contributed by atoms with Gasteiger partial charge in [-0.1, -0.05) is 0 Å². The van der Waals surface area contributed by atoms with E-state index in [0.29, 0.717) is 12.5 Å². The number of anilines is 1. The van der Waals surface area contributed by atoms with Crippen LogP contribution in [0.3, 0.4) is 0 Å². The highest BCUT2D eigenvalue weighted by Crippen LogP contribution is 2.09. The van der Waals surface area contributed by atoms with Crippen LogP contribution in [0, 0.1) is 0 Å². The van der Waals surface area contributed by atoms with E-state index in [1.165, 1.54) is 12.1 Å². The van der Waals surface area contributed by atoms with Gasteiger partial charge in [0.1, 0.15) is 0 Å².